The minimum absolute atomic E-state index is 0.120. The molecule has 344 valence electrons. The molecule has 0 saturated heterocycles. The zero-order chi connectivity index (χ0) is 45.5. The van der Waals surface area contributed by atoms with Gasteiger partial charge in [0.2, 0.25) is 0 Å². The van der Waals surface area contributed by atoms with Crippen molar-refractivity contribution in [2.75, 3.05) is 79.3 Å². The van der Waals surface area contributed by atoms with Crippen LogP contribution in [-0.2, 0) is 63.8 Å². The number of carbonyl (C=O) groups is 4. The number of benzene rings is 4. The highest BCUT2D eigenvalue weighted by atomic mass is 16.6. The van der Waals surface area contributed by atoms with E-state index in [9.17, 15) is 19.2 Å². The Morgan fingerprint density at radius 2 is 0.516 bits per heavy atom. The van der Waals surface area contributed by atoms with Crippen LogP contribution in [0.15, 0.2) is 48.5 Å². The van der Waals surface area contributed by atoms with Crippen molar-refractivity contribution >= 4 is 25.9 Å². The summed E-state index contributed by atoms with van der Waals surface area (Å²) in [7, 11) is 0. The Morgan fingerprint density at radius 3 is 0.672 bits per heavy atom. The summed E-state index contributed by atoms with van der Waals surface area (Å²) < 4.78 is 70.9. The molecule has 8 bridgehead atoms. The summed E-state index contributed by atoms with van der Waals surface area (Å²) in [5.74, 6) is 2.75. The SMILES string of the molecule is CCOCCOc1c2cc(OC=O)cc1Cc1cc(OC=O)cc(c1OCCOCC)Cc1cc(OC=O)cc(c1OCCOCC)Cc1cc(OC=O)cc(c1OCCOCC)C2. The minimum atomic E-state index is 0.120. The van der Waals surface area contributed by atoms with E-state index in [1.807, 2.05) is 27.7 Å². The van der Waals surface area contributed by atoms with Gasteiger partial charge < -0.3 is 56.8 Å². The highest BCUT2D eigenvalue weighted by molar-refractivity contribution is 5.63. The first kappa shape index (κ1) is 48.8. The van der Waals surface area contributed by atoms with Crippen molar-refractivity contribution in [1.82, 2.24) is 0 Å². The van der Waals surface area contributed by atoms with Crippen LogP contribution in [-0.4, -0.2) is 105 Å². The average molecular weight is 889 g/mol. The molecule has 0 aromatic heterocycles. The standard InChI is InChI=1S/C48H56O16/c1-5-53-9-13-57-45-33-17-35-23-42(62-30-50)25-37(46(35)58-14-10-54-6-2)19-39-27-44(64-32-52)28-40(48(39)60-16-12-56-8-4)20-38-26-43(63-31-51)24-36(47(38)59-15-11-55-7-3)18-34(45)22-41(21-33)61-29-49/h21-32H,5-20H2,1-4H3. The number of hydrogen-bond donors (Lipinski definition) is 0. The van der Waals surface area contributed by atoms with Crippen LogP contribution >= 0.6 is 0 Å². The Balaban J connectivity index is 1.89. The van der Waals surface area contributed by atoms with Gasteiger partial charge in [-0.05, 0) is 76.2 Å². The molecule has 16 heteroatoms. The van der Waals surface area contributed by atoms with Crippen LogP contribution in [0.4, 0.5) is 0 Å². The fraction of sp³-hybridized carbons (Fsp3) is 0.417. The van der Waals surface area contributed by atoms with Gasteiger partial charge in [-0.3, -0.25) is 19.2 Å². The first-order chi connectivity index (χ1) is 31.4. The van der Waals surface area contributed by atoms with Gasteiger partial charge in [-0.1, -0.05) is 0 Å². The Kier molecular flexibility index (Phi) is 20.2. The molecule has 4 aromatic rings. The minimum Gasteiger partial charge on any atom is -0.491 e. The summed E-state index contributed by atoms with van der Waals surface area (Å²) in [5, 5.41) is 0. The van der Waals surface area contributed by atoms with E-state index in [1.54, 1.807) is 48.5 Å². The maximum absolute atomic E-state index is 11.9. The first-order valence-corrected chi connectivity index (χ1v) is 21.3. The molecule has 1 aliphatic rings. The predicted molar refractivity (Wildman–Crippen MR) is 232 cm³/mol. The third kappa shape index (κ3) is 13.9. The number of carbonyl (C=O) groups excluding carboxylic acids is 4. The largest absolute Gasteiger partial charge is 0.491 e. The topological polar surface area (TPSA) is 179 Å². The lowest BCUT2D eigenvalue weighted by atomic mass is 9.90. The van der Waals surface area contributed by atoms with E-state index in [4.69, 9.17) is 56.8 Å². The predicted octanol–water partition coefficient (Wildman–Crippen LogP) is 6.17. The van der Waals surface area contributed by atoms with Crippen molar-refractivity contribution in [2.45, 2.75) is 53.4 Å². The molecule has 0 fully saturated rings. The smallest absolute Gasteiger partial charge is 0.298 e. The monoisotopic (exact) mass is 888 g/mol. The normalized spacial score (nSPS) is 11.8. The zero-order valence-corrected chi connectivity index (χ0v) is 36.8. The van der Waals surface area contributed by atoms with Crippen molar-refractivity contribution in [3.05, 3.63) is 93.0 Å². The number of fused-ring (bicyclic) bond motifs is 8. The second-order valence-electron chi connectivity index (χ2n) is 14.0. The molecule has 5 rings (SSSR count). The van der Waals surface area contributed by atoms with Crippen molar-refractivity contribution in [3.8, 4) is 46.0 Å². The third-order valence-corrected chi connectivity index (χ3v) is 9.84. The van der Waals surface area contributed by atoms with Gasteiger partial charge in [0, 0.05) is 96.6 Å². The molecule has 1 aliphatic carbocycles. The van der Waals surface area contributed by atoms with E-state index < -0.39 is 0 Å². The second kappa shape index (κ2) is 26.4. The molecule has 0 atom stereocenters. The Bertz CT molecular complexity index is 1760. The van der Waals surface area contributed by atoms with Crippen LogP contribution < -0.4 is 37.9 Å². The van der Waals surface area contributed by atoms with Gasteiger partial charge >= 0.3 is 0 Å². The molecule has 4 aromatic carbocycles. The van der Waals surface area contributed by atoms with E-state index in [1.165, 1.54) is 0 Å². The van der Waals surface area contributed by atoms with Crippen molar-refractivity contribution in [2.24, 2.45) is 0 Å². The van der Waals surface area contributed by atoms with E-state index in [2.05, 4.69) is 0 Å². The van der Waals surface area contributed by atoms with Gasteiger partial charge in [-0.2, -0.15) is 0 Å². The average Bonchev–Trinajstić information content (AvgIpc) is 3.27. The lowest BCUT2D eigenvalue weighted by molar-refractivity contribution is -0.121. The van der Waals surface area contributed by atoms with Gasteiger partial charge in [0.1, 0.15) is 72.4 Å². The van der Waals surface area contributed by atoms with Crippen LogP contribution in [0.3, 0.4) is 0 Å². The third-order valence-electron chi connectivity index (χ3n) is 9.84. The summed E-state index contributed by atoms with van der Waals surface area (Å²) in [6.07, 6.45) is 0.478. The Hall–Kier alpha value is -6.20. The molecule has 0 N–H and O–H groups in total. The van der Waals surface area contributed by atoms with Crippen molar-refractivity contribution in [1.29, 1.82) is 0 Å². The van der Waals surface area contributed by atoms with Crippen molar-refractivity contribution in [3.63, 3.8) is 0 Å². The molecule has 0 saturated carbocycles. The fourth-order valence-electron chi connectivity index (χ4n) is 7.38. The fourth-order valence-corrected chi connectivity index (χ4v) is 7.38. The maximum Gasteiger partial charge on any atom is 0.298 e. The summed E-state index contributed by atoms with van der Waals surface area (Å²) >= 11 is 0. The molecule has 64 heavy (non-hydrogen) atoms. The highest BCUT2D eigenvalue weighted by Gasteiger charge is 2.26. The lowest BCUT2D eigenvalue weighted by Gasteiger charge is -2.24. The molecule has 0 unspecified atom stereocenters. The van der Waals surface area contributed by atoms with Gasteiger partial charge in [-0.15, -0.1) is 0 Å². The Labute approximate surface area is 372 Å². The molecule has 0 spiro atoms. The highest BCUT2D eigenvalue weighted by Crippen LogP contribution is 2.43. The lowest BCUT2D eigenvalue weighted by Crippen LogP contribution is -2.14. The Morgan fingerprint density at radius 1 is 0.328 bits per heavy atom. The zero-order valence-electron chi connectivity index (χ0n) is 36.8. The van der Waals surface area contributed by atoms with E-state index in [0.29, 0.717) is 120 Å². The quantitative estimate of drug-likeness (QED) is 0.0411. The van der Waals surface area contributed by atoms with Crippen LogP contribution in [0.5, 0.6) is 46.0 Å². The first-order valence-electron chi connectivity index (χ1n) is 21.3. The number of rotatable bonds is 28. The summed E-state index contributed by atoms with van der Waals surface area (Å²) in [4.78, 5) is 47.7. The maximum atomic E-state index is 11.9. The molecule has 16 nitrogen and oxygen atoms in total. The van der Waals surface area contributed by atoms with Crippen molar-refractivity contribution < 1.29 is 76.0 Å². The second-order valence-corrected chi connectivity index (χ2v) is 14.0. The molecular formula is C48H56O16. The summed E-state index contributed by atoms with van der Waals surface area (Å²) in [5.41, 5.74) is 4.70. The summed E-state index contributed by atoms with van der Waals surface area (Å²) in [6.45, 7) is 12.6. The van der Waals surface area contributed by atoms with Crippen LogP contribution in [0.1, 0.15) is 72.2 Å². The molecular weight excluding hydrogens is 833 g/mol. The summed E-state index contributed by atoms with van der Waals surface area (Å²) in [6, 6.07) is 13.6. The molecule has 0 aliphatic heterocycles. The van der Waals surface area contributed by atoms with E-state index in [0.717, 1.165) is 0 Å². The van der Waals surface area contributed by atoms with Crippen LogP contribution in [0.2, 0.25) is 0 Å². The van der Waals surface area contributed by atoms with Crippen LogP contribution in [0.25, 0.3) is 0 Å². The molecule has 0 radical (unpaired) electrons. The van der Waals surface area contributed by atoms with Gasteiger partial charge in [0.15, 0.2) is 0 Å². The van der Waals surface area contributed by atoms with Gasteiger partial charge in [0.05, 0.1) is 26.4 Å². The number of hydrogen-bond acceptors (Lipinski definition) is 16. The van der Waals surface area contributed by atoms with Gasteiger partial charge in [-0.25, -0.2) is 0 Å². The van der Waals surface area contributed by atoms with Gasteiger partial charge in [0.25, 0.3) is 25.9 Å². The van der Waals surface area contributed by atoms with E-state index in [-0.39, 0.29) is 102 Å². The molecule has 0 heterocycles. The van der Waals surface area contributed by atoms with Crippen LogP contribution in [0, 0.1) is 0 Å². The van der Waals surface area contributed by atoms with E-state index >= 15 is 0 Å². The number of ether oxygens (including phenoxy) is 12. The molecule has 0 amide bonds.